The smallest absolute Gasteiger partial charge is 0.217 e. The zero-order chi connectivity index (χ0) is 37.6. The van der Waals surface area contributed by atoms with Crippen molar-refractivity contribution in [2.75, 3.05) is 0 Å². The van der Waals surface area contributed by atoms with Gasteiger partial charge in [-0.05, 0) is 73.5 Å². The average molecular weight is 733 g/mol. The second kappa shape index (κ2) is 14.1. The number of phenolic OH excluding ortho intramolecular Hbond substituents is 1. The molecule has 4 atom stereocenters. The van der Waals surface area contributed by atoms with Gasteiger partial charge in [0.25, 0.3) is 0 Å². The molecule has 0 saturated heterocycles. The summed E-state index contributed by atoms with van der Waals surface area (Å²) in [5.41, 5.74) is 9.88. The fraction of sp³-hybridized carbons (Fsp3) is 0.174. The molecule has 4 heterocycles. The molecule has 55 heavy (non-hydrogen) atoms. The molecular formula is C46H38F2N4O3. The minimum atomic E-state index is -0.530. The normalized spacial score (nSPS) is 20.4. The molecule has 0 aliphatic carbocycles. The SMILES string of the molecule is Cc1ccc(C2Oc3ccccc3C3CC(c4ccc(F)cc4)=NN32)cc1.Cc1ccc(O)c(C2Oc3ccccc3C3CC(c4ccc(F)cc4)=NN32)c1. The number of benzene rings is 6. The van der Waals surface area contributed by atoms with E-state index in [1.54, 1.807) is 30.3 Å². The standard InChI is InChI=1S/C23H19FN2O2.C23H19FN2O/c1-14-6-11-21(27)18(12-14)23-26-20(17-4-2-3-5-22(17)28-23)13-19(25-26)15-7-9-16(24)10-8-15;1-15-6-8-17(9-7-15)23-26-21(19-4-2-3-5-22(19)27-23)14-20(25-26)16-10-12-18(24)13-11-16/h2-12,20,23,27H,13H2,1H3;2-13,21,23H,14H2,1H3. The van der Waals surface area contributed by atoms with Crippen LogP contribution in [0.4, 0.5) is 8.78 Å². The number of rotatable bonds is 4. The quantitative estimate of drug-likeness (QED) is 0.195. The molecule has 0 saturated carbocycles. The summed E-state index contributed by atoms with van der Waals surface area (Å²) in [5, 5.41) is 24.2. The van der Waals surface area contributed by atoms with Crippen molar-refractivity contribution in [3.8, 4) is 17.2 Å². The van der Waals surface area contributed by atoms with Crippen molar-refractivity contribution >= 4 is 11.4 Å². The van der Waals surface area contributed by atoms with Gasteiger partial charge in [0.05, 0.1) is 29.1 Å². The Kier molecular flexibility index (Phi) is 8.77. The first-order valence-corrected chi connectivity index (χ1v) is 18.4. The number of halogens is 2. The molecule has 274 valence electrons. The summed E-state index contributed by atoms with van der Waals surface area (Å²) in [6.45, 7) is 4.05. The van der Waals surface area contributed by atoms with E-state index < -0.39 is 6.23 Å². The summed E-state index contributed by atoms with van der Waals surface area (Å²) in [5.74, 6) is 1.38. The Bertz CT molecular complexity index is 2430. The first kappa shape index (κ1) is 34.3. The number of aromatic hydroxyl groups is 1. The maximum Gasteiger partial charge on any atom is 0.217 e. The van der Waals surface area contributed by atoms with E-state index in [4.69, 9.17) is 19.7 Å². The highest BCUT2D eigenvalue weighted by Crippen LogP contribution is 2.49. The Hall–Kier alpha value is -6.48. The third-order valence-electron chi connectivity index (χ3n) is 10.6. The first-order valence-electron chi connectivity index (χ1n) is 18.4. The molecular weight excluding hydrogens is 695 g/mol. The number of para-hydroxylation sites is 2. The van der Waals surface area contributed by atoms with E-state index in [2.05, 4.69) is 37.3 Å². The molecule has 6 aromatic rings. The van der Waals surface area contributed by atoms with Crippen LogP contribution in [0.1, 0.15) is 81.9 Å². The van der Waals surface area contributed by atoms with Crippen molar-refractivity contribution in [2.45, 2.75) is 51.2 Å². The molecule has 0 spiro atoms. The van der Waals surface area contributed by atoms with Gasteiger partial charge in [-0.2, -0.15) is 10.2 Å². The first-order chi connectivity index (χ1) is 26.8. The van der Waals surface area contributed by atoms with E-state index in [1.807, 2.05) is 71.5 Å². The minimum Gasteiger partial charge on any atom is -0.507 e. The van der Waals surface area contributed by atoms with Gasteiger partial charge in [-0.25, -0.2) is 18.8 Å². The maximum atomic E-state index is 13.3. The molecule has 4 aliphatic heterocycles. The number of nitrogens with zero attached hydrogens (tertiary/aromatic N) is 4. The van der Waals surface area contributed by atoms with Crippen LogP contribution in [0.2, 0.25) is 0 Å². The van der Waals surface area contributed by atoms with Crippen LogP contribution in [-0.2, 0) is 0 Å². The molecule has 1 N–H and O–H groups in total. The summed E-state index contributed by atoms with van der Waals surface area (Å²) < 4.78 is 39.2. The van der Waals surface area contributed by atoms with E-state index in [9.17, 15) is 13.9 Å². The fourth-order valence-electron chi connectivity index (χ4n) is 7.73. The predicted molar refractivity (Wildman–Crippen MR) is 208 cm³/mol. The number of phenols is 1. The van der Waals surface area contributed by atoms with Crippen molar-refractivity contribution < 1.29 is 23.4 Å². The Morgan fingerprint density at radius 2 is 1.02 bits per heavy atom. The van der Waals surface area contributed by atoms with Crippen molar-refractivity contribution in [1.82, 2.24) is 10.0 Å². The Balaban J connectivity index is 0.000000144. The summed E-state index contributed by atoms with van der Waals surface area (Å²) >= 11 is 0. The summed E-state index contributed by atoms with van der Waals surface area (Å²) in [6, 6.07) is 43.0. The molecule has 0 amide bonds. The molecule has 0 bridgehead atoms. The van der Waals surface area contributed by atoms with Crippen LogP contribution in [0.5, 0.6) is 17.2 Å². The summed E-state index contributed by atoms with van der Waals surface area (Å²) in [4.78, 5) is 0. The van der Waals surface area contributed by atoms with E-state index in [0.717, 1.165) is 62.7 Å². The lowest BCUT2D eigenvalue weighted by atomic mass is 9.95. The molecule has 4 unspecified atom stereocenters. The van der Waals surface area contributed by atoms with Crippen LogP contribution < -0.4 is 9.47 Å². The van der Waals surface area contributed by atoms with E-state index in [0.29, 0.717) is 12.0 Å². The van der Waals surface area contributed by atoms with Gasteiger partial charge in [-0.1, -0.05) is 102 Å². The minimum absolute atomic E-state index is 0.00471. The monoisotopic (exact) mass is 732 g/mol. The number of hydrogen-bond donors (Lipinski definition) is 1. The lowest BCUT2D eigenvalue weighted by molar-refractivity contribution is -0.0203. The molecule has 6 aromatic carbocycles. The lowest BCUT2D eigenvalue weighted by Crippen LogP contribution is -2.33. The van der Waals surface area contributed by atoms with E-state index in [-0.39, 0.29) is 35.7 Å². The molecule has 0 aromatic heterocycles. The number of hydrazone groups is 2. The van der Waals surface area contributed by atoms with Crippen LogP contribution in [0, 0.1) is 25.5 Å². The summed E-state index contributed by atoms with van der Waals surface area (Å²) in [7, 11) is 0. The van der Waals surface area contributed by atoms with Gasteiger partial charge >= 0.3 is 0 Å². The van der Waals surface area contributed by atoms with Gasteiger partial charge in [0.1, 0.15) is 28.9 Å². The molecule has 0 radical (unpaired) electrons. The summed E-state index contributed by atoms with van der Waals surface area (Å²) in [6.07, 6.45) is 0.657. The third-order valence-corrected chi connectivity index (χ3v) is 10.6. The highest BCUT2D eigenvalue weighted by Gasteiger charge is 2.42. The molecule has 10 rings (SSSR count). The van der Waals surface area contributed by atoms with Crippen molar-refractivity contribution in [1.29, 1.82) is 0 Å². The molecule has 0 fully saturated rings. The zero-order valence-electron chi connectivity index (χ0n) is 30.3. The predicted octanol–water partition coefficient (Wildman–Crippen LogP) is 10.5. The van der Waals surface area contributed by atoms with Crippen molar-refractivity contribution in [2.24, 2.45) is 10.2 Å². The van der Waals surface area contributed by atoms with Crippen molar-refractivity contribution in [3.63, 3.8) is 0 Å². The molecule has 7 nitrogen and oxygen atoms in total. The Labute approximate surface area is 318 Å². The average Bonchev–Trinajstić information content (AvgIpc) is 3.86. The van der Waals surface area contributed by atoms with Crippen LogP contribution >= 0.6 is 0 Å². The lowest BCUT2D eigenvalue weighted by Gasteiger charge is -2.38. The topological polar surface area (TPSA) is 69.9 Å². The van der Waals surface area contributed by atoms with E-state index in [1.165, 1.54) is 29.8 Å². The third kappa shape index (κ3) is 6.56. The van der Waals surface area contributed by atoms with E-state index >= 15 is 0 Å². The van der Waals surface area contributed by atoms with Gasteiger partial charge in [0, 0.05) is 29.5 Å². The zero-order valence-corrected chi connectivity index (χ0v) is 30.3. The fourth-order valence-corrected chi connectivity index (χ4v) is 7.73. The highest BCUT2D eigenvalue weighted by molar-refractivity contribution is 6.02. The van der Waals surface area contributed by atoms with Gasteiger partial charge in [0.15, 0.2) is 0 Å². The van der Waals surface area contributed by atoms with Gasteiger partial charge < -0.3 is 14.6 Å². The number of hydrogen-bond acceptors (Lipinski definition) is 7. The Morgan fingerprint density at radius 1 is 0.545 bits per heavy atom. The van der Waals surface area contributed by atoms with Gasteiger partial charge in [0.2, 0.25) is 12.5 Å². The number of aryl methyl sites for hydroxylation is 2. The second-order valence-corrected chi connectivity index (χ2v) is 14.3. The highest BCUT2D eigenvalue weighted by atomic mass is 19.1. The molecule has 9 heteroatoms. The second-order valence-electron chi connectivity index (χ2n) is 14.3. The van der Waals surface area contributed by atoms with Crippen LogP contribution in [0.15, 0.2) is 150 Å². The molecule has 4 aliphatic rings. The maximum absolute atomic E-state index is 13.3. The van der Waals surface area contributed by atoms with Gasteiger partial charge in [-0.3, -0.25) is 0 Å². The van der Waals surface area contributed by atoms with Crippen molar-refractivity contribution in [3.05, 3.63) is 196 Å². The number of fused-ring (bicyclic) bond motifs is 6. The van der Waals surface area contributed by atoms with Crippen LogP contribution in [0.25, 0.3) is 0 Å². The Morgan fingerprint density at radius 3 is 1.56 bits per heavy atom. The number of ether oxygens (including phenoxy) is 2. The van der Waals surface area contributed by atoms with Crippen LogP contribution in [0.3, 0.4) is 0 Å². The largest absolute Gasteiger partial charge is 0.507 e. The van der Waals surface area contributed by atoms with Gasteiger partial charge in [-0.15, -0.1) is 0 Å². The van der Waals surface area contributed by atoms with Crippen LogP contribution in [-0.4, -0.2) is 26.5 Å².